The van der Waals surface area contributed by atoms with E-state index in [1.54, 1.807) is 4.90 Å². The molecule has 5 atom stereocenters. The van der Waals surface area contributed by atoms with Gasteiger partial charge in [0.2, 0.25) is 11.8 Å². The molecule has 13 heteroatoms. The smallest absolute Gasteiger partial charge is 0.353 e. The number of Topliss-reactive ketones (excluding diaryl/α,β-unsaturated/α-hetero) is 1. The molecule has 1 aromatic heterocycles. The van der Waals surface area contributed by atoms with Crippen molar-refractivity contribution in [3.8, 4) is 0 Å². The largest absolute Gasteiger partial charge is 0.477 e. The molecule has 4 heterocycles. The fourth-order valence-electron chi connectivity index (χ4n) is 5.11. The van der Waals surface area contributed by atoms with E-state index < -0.39 is 11.9 Å². The Hall–Kier alpha value is -2.80. The zero-order valence-corrected chi connectivity index (χ0v) is 19.3. The molecule has 2 fully saturated rings. The first kappa shape index (κ1) is 23.4. The molecule has 0 saturated carbocycles. The van der Waals surface area contributed by atoms with Crippen LogP contribution in [0.1, 0.15) is 26.7 Å². The number of tetrazole rings is 1. The van der Waals surface area contributed by atoms with Gasteiger partial charge in [-0.05, 0) is 22.8 Å². The average Bonchev–Trinajstić information content (AvgIpc) is 3.48. The van der Waals surface area contributed by atoms with Crippen molar-refractivity contribution < 1.29 is 24.3 Å². The first-order valence-electron chi connectivity index (χ1n) is 10.9. The highest BCUT2D eigenvalue weighted by Gasteiger charge is 2.60. The number of hydrogen-bond donors (Lipinski definition) is 2. The molecule has 178 valence electrons. The van der Waals surface area contributed by atoms with E-state index in [0.29, 0.717) is 18.0 Å². The predicted molar refractivity (Wildman–Crippen MR) is 116 cm³/mol. The van der Waals surface area contributed by atoms with Crippen LogP contribution in [0.4, 0.5) is 0 Å². The third-order valence-corrected chi connectivity index (χ3v) is 8.19. The summed E-state index contributed by atoms with van der Waals surface area (Å²) in [5.41, 5.74) is 5.49. The summed E-state index contributed by atoms with van der Waals surface area (Å²) in [6.07, 6.45) is 2.27. The van der Waals surface area contributed by atoms with Crippen LogP contribution in [0, 0.1) is 17.8 Å². The van der Waals surface area contributed by atoms with E-state index in [4.69, 9.17) is 5.73 Å². The van der Waals surface area contributed by atoms with Crippen molar-refractivity contribution in [2.45, 2.75) is 44.5 Å². The van der Waals surface area contributed by atoms with Gasteiger partial charge in [0.1, 0.15) is 18.6 Å². The van der Waals surface area contributed by atoms with E-state index in [9.17, 15) is 24.3 Å². The van der Waals surface area contributed by atoms with Gasteiger partial charge in [0.15, 0.2) is 5.78 Å². The van der Waals surface area contributed by atoms with Crippen LogP contribution in [-0.4, -0.2) is 89.6 Å². The van der Waals surface area contributed by atoms with Gasteiger partial charge in [0, 0.05) is 35.6 Å². The molecular formula is C20H27N7O5S. The lowest BCUT2D eigenvalue weighted by atomic mass is 9.73. The average molecular weight is 478 g/mol. The van der Waals surface area contributed by atoms with Crippen molar-refractivity contribution in [3.05, 3.63) is 16.9 Å². The number of rotatable bonds is 9. The Morgan fingerprint density at radius 2 is 2.12 bits per heavy atom. The number of ketones is 1. The first-order valence-corrected chi connectivity index (χ1v) is 11.8. The second kappa shape index (κ2) is 9.21. The molecular weight excluding hydrogens is 450 g/mol. The van der Waals surface area contributed by atoms with Gasteiger partial charge in [-0.2, -0.15) is 0 Å². The molecule has 4 rings (SSSR count). The maximum Gasteiger partial charge on any atom is 0.353 e. The van der Waals surface area contributed by atoms with Crippen LogP contribution in [0.3, 0.4) is 0 Å². The van der Waals surface area contributed by atoms with Crippen LogP contribution in [0.25, 0.3) is 0 Å². The highest BCUT2D eigenvalue weighted by atomic mass is 32.2. The minimum atomic E-state index is -1.13. The number of nitrogens with two attached hydrogens (primary N) is 1. The van der Waals surface area contributed by atoms with Crippen molar-refractivity contribution in [2.75, 3.05) is 19.6 Å². The third-order valence-electron chi connectivity index (χ3n) is 6.65. The monoisotopic (exact) mass is 477 g/mol. The van der Waals surface area contributed by atoms with E-state index in [0.717, 1.165) is 6.42 Å². The van der Waals surface area contributed by atoms with Crippen LogP contribution >= 0.6 is 11.8 Å². The Labute approximate surface area is 194 Å². The molecule has 0 radical (unpaired) electrons. The van der Waals surface area contributed by atoms with E-state index >= 15 is 0 Å². The van der Waals surface area contributed by atoms with Crippen molar-refractivity contribution in [2.24, 2.45) is 23.5 Å². The van der Waals surface area contributed by atoms with Gasteiger partial charge < -0.3 is 20.6 Å². The first-order chi connectivity index (χ1) is 15.7. The number of hydrogen-bond acceptors (Lipinski definition) is 9. The molecule has 0 unspecified atom stereocenters. The summed E-state index contributed by atoms with van der Waals surface area (Å²) in [5, 5.41) is 20.6. The van der Waals surface area contributed by atoms with Crippen molar-refractivity contribution in [3.63, 3.8) is 0 Å². The maximum absolute atomic E-state index is 13.0. The van der Waals surface area contributed by atoms with E-state index in [1.807, 2.05) is 13.8 Å². The molecule has 2 amide bonds. The number of carboxylic acid groups (broad SMARTS) is 1. The van der Waals surface area contributed by atoms with E-state index in [-0.39, 0.29) is 65.9 Å². The molecule has 3 N–H and O–H groups in total. The van der Waals surface area contributed by atoms with Gasteiger partial charge in [0.25, 0.3) is 0 Å². The number of carboxylic acids is 1. The van der Waals surface area contributed by atoms with Gasteiger partial charge >= 0.3 is 5.97 Å². The number of β-lactam (4-membered cyclic amide) rings is 1. The molecule has 12 nitrogen and oxygen atoms in total. The molecule has 2 saturated heterocycles. The highest BCUT2D eigenvalue weighted by Crippen LogP contribution is 2.53. The summed E-state index contributed by atoms with van der Waals surface area (Å²) in [6, 6.07) is -0.287. The fraction of sp³-hybridized carbons (Fsp3) is 0.650. The Bertz CT molecular complexity index is 997. The second-order valence-electron chi connectivity index (χ2n) is 8.83. The van der Waals surface area contributed by atoms with Crippen LogP contribution in [0.15, 0.2) is 16.9 Å². The Balaban J connectivity index is 1.45. The van der Waals surface area contributed by atoms with Crippen LogP contribution < -0.4 is 5.73 Å². The quantitative estimate of drug-likeness (QED) is 0.436. The van der Waals surface area contributed by atoms with Crippen LogP contribution in [0.5, 0.6) is 0 Å². The number of carbonyl (C=O) groups is 4. The summed E-state index contributed by atoms with van der Waals surface area (Å²) in [4.78, 5) is 53.2. The van der Waals surface area contributed by atoms with E-state index in [1.165, 1.54) is 27.7 Å². The molecule has 0 bridgehead atoms. The van der Waals surface area contributed by atoms with Gasteiger partial charge in [-0.25, -0.2) is 9.48 Å². The minimum absolute atomic E-state index is 0.0294. The van der Waals surface area contributed by atoms with Gasteiger partial charge in [0.05, 0.1) is 18.5 Å². The lowest BCUT2D eigenvalue weighted by molar-refractivity contribution is -0.160. The van der Waals surface area contributed by atoms with Gasteiger partial charge in [-0.1, -0.05) is 13.8 Å². The lowest BCUT2D eigenvalue weighted by Gasteiger charge is -2.47. The summed E-state index contributed by atoms with van der Waals surface area (Å²) in [5.74, 6) is -2.44. The molecule has 33 heavy (non-hydrogen) atoms. The number of aliphatic carboxylic acids is 1. The number of thioether (sulfide) groups is 1. The molecule has 3 aliphatic heterocycles. The summed E-state index contributed by atoms with van der Waals surface area (Å²) in [7, 11) is 0. The SMILES string of the molecule is C[C@@H](CC(=O)Cn1cnnn1)[C@H]1C(=O)N2C(C(=O)O)=C(S[C@H]3CCN(C(=O)CN)C3)[C@H](C)[C@H]12. The van der Waals surface area contributed by atoms with Crippen molar-refractivity contribution in [1.29, 1.82) is 0 Å². The summed E-state index contributed by atoms with van der Waals surface area (Å²) >= 11 is 1.45. The molecule has 3 aliphatic rings. The molecule has 0 aromatic carbocycles. The Morgan fingerprint density at radius 3 is 2.76 bits per heavy atom. The van der Waals surface area contributed by atoms with Gasteiger partial charge in [-0.3, -0.25) is 14.4 Å². The van der Waals surface area contributed by atoms with Crippen LogP contribution in [0.2, 0.25) is 0 Å². The normalized spacial score (nSPS) is 27.5. The molecule has 1 aromatic rings. The maximum atomic E-state index is 13.0. The number of likely N-dealkylation sites (tertiary alicyclic amines) is 1. The second-order valence-corrected chi connectivity index (χ2v) is 10.2. The molecule has 0 aliphatic carbocycles. The summed E-state index contributed by atoms with van der Waals surface area (Å²) in [6.45, 7) is 4.86. The number of aromatic nitrogens is 4. The zero-order valence-electron chi connectivity index (χ0n) is 18.5. The Kier molecular flexibility index (Phi) is 6.52. The summed E-state index contributed by atoms with van der Waals surface area (Å²) < 4.78 is 1.33. The third kappa shape index (κ3) is 4.26. The zero-order chi connectivity index (χ0) is 23.9. The van der Waals surface area contributed by atoms with Gasteiger partial charge in [-0.15, -0.1) is 16.9 Å². The number of carbonyl (C=O) groups excluding carboxylic acids is 3. The number of fused-ring (bicyclic) bond motifs is 1. The molecule has 0 spiro atoms. The lowest BCUT2D eigenvalue weighted by Crippen LogP contribution is -2.62. The minimum Gasteiger partial charge on any atom is -0.477 e. The van der Waals surface area contributed by atoms with E-state index in [2.05, 4.69) is 15.5 Å². The predicted octanol–water partition coefficient (Wildman–Crippen LogP) is -0.666. The van der Waals surface area contributed by atoms with Crippen LogP contribution in [-0.2, 0) is 25.7 Å². The van der Waals surface area contributed by atoms with Crippen molar-refractivity contribution in [1.82, 2.24) is 30.0 Å². The van der Waals surface area contributed by atoms with Crippen molar-refractivity contribution >= 4 is 35.3 Å². The fourth-order valence-corrected chi connectivity index (χ4v) is 6.60. The highest BCUT2D eigenvalue weighted by molar-refractivity contribution is 8.03. The number of amides is 2. The number of nitrogens with zero attached hydrogens (tertiary/aromatic N) is 6. The topological polar surface area (TPSA) is 165 Å². The Morgan fingerprint density at radius 1 is 1.36 bits per heavy atom. The standard InChI is InChI=1S/C20H27N7O5S/c1-10(5-12(28)7-26-9-22-23-24-26)15-16-11(2)18(17(20(31)32)27(16)19(15)30)33-13-3-4-25(8-13)14(29)6-21/h9-11,13,15-16H,3-8,21H2,1-2H3,(H,31,32)/t10-,11+,13-,15+,16+/m0/s1.